The third-order valence-electron chi connectivity index (χ3n) is 2.09. The molecular weight excluding hydrogens is 260 g/mol. The molecule has 0 saturated carbocycles. The molecular formula is C10H7ClN4O3. The van der Waals surface area contributed by atoms with Gasteiger partial charge < -0.3 is 4.74 Å². The van der Waals surface area contributed by atoms with E-state index in [1.165, 1.54) is 25.6 Å². The molecule has 2 rings (SSSR count). The van der Waals surface area contributed by atoms with Crippen molar-refractivity contribution in [3.8, 4) is 17.3 Å². The van der Waals surface area contributed by atoms with Crippen LogP contribution in [0.15, 0.2) is 24.5 Å². The summed E-state index contributed by atoms with van der Waals surface area (Å²) in [5.74, 6) is 0.224. The Bertz CT molecular complexity index is 605. The predicted octanol–water partition coefficient (Wildman–Crippen LogP) is 2.11. The lowest BCUT2D eigenvalue weighted by atomic mass is 10.2. The van der Waals surface area contributed by atoms with Gasteiger partial charge in [0.25, 0.3) is 5.69 Å². The summed E-state index contributed by atoms with van der Waals surface area (Å²) in [6, 6.07) is 2.42. The molecule has 2 aromatic rings. The van der Waals surface area contributed by atoms with E-state index in [1.54, 1.807) is 0 Å². The van der Waals surface area contributed by atoms with Crippen molar-refractivity contribution >= 4 is 17.3 Å². The number of halogens is 1. The zero-order chi connectivity index (χ0) is 13.1. The molecule has 7 nitrogen and oxygen atoms in total. The second-order valence-electron chi connectivity index (χ2n) is 3.20. The lowest BCUT2D eigenvalue weighted by molar-refractivity contribution is -0.384. The van der Waals surface area contributed by atoms with E-state index in [-0.39, 0.29) is 22.4 Å². The van der Waals surface area contributed by atoms with Crippen LogP contribution >= 0.6 is 11.6 Å². The summed E-state index contributed by atoms with van der Waals surface area (Å²) in [4.78, 5) is 22.1. The summed E-state index contributed by atoms with van der Waals surface area (Å²) in [7, 11) is 1.42. The van der Waals surface area contributed by atoms with Crippen LogP contribution in [0.5, 0.6) is 5.88 Å². The second kappa shape index (κ2) is 4.92. The Labute approximate surface area is 107 Å². The normalized spacial score (nSPS) is 10.1. The first-order valence-corrected chi connectivity index (χ1v) is 5.17. The summed E-state index contributed by atoms with van der Waals surface area (Å²) >= 11 is 5.73. The minimum absolute atomic E-state index is 0.00639. The van der Waals surface area contributed by atoms with E-state index < -0.39 is 4.92 Å². The number of methoxy groups -OCH3 is 1. The molecule has 0 aromatic carbocycles. The van der Waals surface area contributed by atoms with Crippen LogP contribution in [0, 0.1) is 10.1 Å². The maximum atomic E-state index is 10.7. The first kappa shape index (κ1) is 12.2. The molecule has 0 aliphatic heterocycles. The number of hydrogen-bond donors (Lipinski definition) is 0. The number of ether oxygens (including phenoxy) is 1. The van der Waals surface area contributed by atoms with Crippen molar-refractivity contribution in [3.05, 3.63) is 39.8 Å². The summed E-state index contributed by atoms with van der Waals surface area (Å²) in [5.41, 5.74) is 0.363. The lowest BCUT2D eigenvalue weighted by Gasteiger charge is -2.05. The standard InChI is InChI=1S/C10H7ClN4O3/c1-18-10-9(12-2-3-13-10)7-4-6(15(16)17)5-8(11)14-7/h2-5H,1H3. The number of nitrogens with zero attached hydrogens (tertiary/aromatic N) is 4. The van der Waals surface area contributed by atoms with Crippen LogP contribution in [0.1, 0.15) is 0 Å². The molecule has 0 saturated heterocycles. The molecule has 0 fully saturated rings. The molecule has 0 atom stereocenters. The van der Waals surface area contributed by atoms with Gasteiger partial charge in [0, 0.05) is 18.5 Å². The molecule has 0 unspecified atom stereocenters. The van der Waals surface area contributed by atoms with Gasteiger partial charge in [0.1, 0.15) is 10.8 Å². The third-order valence-corrected chi connectivity index (χ3v) is 2.28. The Hall–Kier alpha value is -2.28. The molecule has 0 N–H and O–H groups in total. The fourth-order valence-corrected chi connectivity index (χ4v) is 1.56. The van der Waals surface area contributed by atoms with Crippen LogP contribution in [0.2, 0.25) is 5.15 Å². The van der Waals surface area contributed by atoms with Crippen molar-refractivity contribution in [2.24, 2.45) is 0 Å². The Morgan fingerprint density at radius 2 is 2.06 bits per heavy atom. The molecule has 0 radical (unpaired) electrons. The first-order chi connectivity index (χ1) is 8.61. The molecule has 0 amide bonds. The van der Waals surface area contributed by atoms with Crippen molar-refractivity contribution in [2.75, 3.05) is 7.11 Å². The number of rotatable bonds is 3. The third kappa shape index (κ3) is 2.35. The summed E-state index contributed by atoms with van der Waals surface area (Å²) in [5, 5.41) is 10.7. The number of aromatic nitrogens is 3. The van der Waals surface area contributed by atoms with Crippen molar-refractivity contribution in [1.82, 2.24) is 15.0 Å². The lowest BCUT2D eigenvalue weighted by Crippen LogP contribution is -1.97. The SMILES string of the molecule is COc1nccnc1-c1cc([N+](=O)[O-])cc(Cl)n1. The molecule has 2 aromatic heterocycles. The van der Waals surface area contributed by atoms with E-state index >= 15 is 0 Å². The molecule has 92 valence electrons. The van der Waals surface area contributed by atoms with Gasteiger partial charge >= 0.3 is 0 Å². The van der Waals surface area contributed by atoms with Crippen LogP contribution in [0.25, 0.3) is 11.4 Å². The average molecular weight is 267 g/mol. The second-order valence-corrected chi connectivity index (χ2v) is 3.59. The van der Waals surface area contributed by atoms with E-state index in [4.69, 9.17) is 16.3 Å². The van der Waals surface area contributed by atoms with E-state index in [1.807, 2.05) is 0 Å². The van der Waals surface area contributed by atoms with Crippen molar-refractivity contribution in [3.63, 3.8) is 0 Å². The van der Waals surface area contributed by atoms with Crippen LogP contribution in [-0.2, 0) is 0 Å². The average Bonchev–Trinajstić information content (AvgIpc) is 2.38. The molecule has 2 heterocycles. The summed E-state index contributed by atoms with van der Waals surface area (Å²) < 4.78 is 5.01. The smallest absolute Gasteiger partial charge is 0.274 e. The van der Waals surface area contributed by atoms with Gasteiger partial charge in [-0.2, -0.15) is 0 Å². The highest BCUT2D eigenvalue weighted by Crippen LogP contribution is 2.28. The van der Waals surface area contributed by atoms with E-state index in [9.17, 15) is 10.1 Å². The fourth-order valence-electron chi connectivity index (χ4n) is 1.36. The van der Waals surface area contributed by atoms with Crippen molar-refractivity contribution in [2.45, 2.75) is 0 Å². The zero-order valence-electron chi connectivity index (χ0n) is 9.20. The zero-order valence-corrected chi connectivity index (χ0v) is 9.96. The number of pyridine rings is 1. The summed E-state index contributed by atoms with van der Waals surface area (Å²) in [6.07, 6.45) is 2.88. The fraction of sp³-hybridized carbons (Fsp3) is 0.100. The van der Waals surface area contributed by atoms with Gasteiger partial charge in [-0.25, -0.2) is 15.0 Å². The minimum Gasteiger partial charge on any atom is -0.479 e. The Morgan fingerprint density at radius 3 is 2.72 bits per heavy atom. The Balaban J connectivity index is 2.60. The maximum Gasteiger partial charge on any atom is 0.274 e. The minimum atomic E-state index is -0.556. The highest BCUT2D eigenvalue weighted by atomic mass is 35.5. The Morgan fingerprint density at radius 1 is 1.33 bits per heavy atom. The monoisotopic (exact) mass is 266 g/mol. The van der Waals surface area contributed by atoms with Crippen molar-refractivity contribution in [1.29, 1.82) is 0 Å². The highest BCUT2D eigenvalue weighted by molar-refractivity contribution is 6.29. The van der Waals surface area contributed by atoms with Gasteiger partial charge in [0.15, 0.2) is 5.69 Å². The molecule has 0 spiro atoms. The molecule has 18 heavy (non-hydrogen) atoms. The van der Waals surface area contributed by atoms with Gasteiger partial charge in [-0.1, -0.05) is 11.6 Å². The van der Waals surface area contributed by atoms with Crippen LogP contribution < -0.4 is 4.74 Å². The largest absolute Gasteiger partial charge is 0.479 e. The molecule has 0 aliphatic rings. The van der Waals surface area contributed by atoms with Gasteiger partial charge in [0.2, 0.25) is 5.88 Å². The Kier molecular flexibility index (Phi) is 3.33. The quantitative estimate of drug-likeness (QED) is 0.480. The first-order valence-electron chi connectivity index (χ1n) is 4.79. The number of nitro groups is 1. The van der Waals surface area contributed by atoms with Crippen LogP contribution in [0.4, 0.5) is 5.69 Å². The van der Waals surface area contributed by atoms with E-state index in [0.29, 0.717) is 5.69 Å². The summed E-state index contributed by atoms with van der Waals surface area (Å²) in [6.45, 7) is 0. The molecule has 0 aliphatic carbocycles. The molecule has 8 heteroatoms. The predicted molar refractivity (Wildman–Crippen MR) is 63.5 cm³/mol. The highest BCUT2D eigenvalue weighted by Gasteiger charge is 2.16. The van der Waals surface area contributed by atoms with E-state index in [0.717, 1.165) is 6.07 Å². The van der Waals surface area contributed by atoms with Crippen molar-refractivity contribution < 1.29 is 9.66 Å². The molecule has 0 bridgehead atoms. The topological polar surface area (TPSA) is 91.0 Å². The van der Waals surface area contributed by atoms with Gasteiger partial charge in [-0.3, -0.25) is 10.1 Å². The number of hydrogen-bond acceptors (Lipinski definition) is 6. The maximum absolute atomic E-state index is 10.7. The van der Waals surface area contributed by atoms with Crippen LogP contribution in [-0.4, -0.2) is 27.0 Å². The van der Waals surface area contributed by atoms with Gasteiger partial charge in [-0.15, -0.1) is 0 Å². The van der Waals surface area contributed by atoms with E-state index in [2.05, 4.69) is 15.0 Å². The van der Waals surface area contributed by atoms with Gasteiger partial charge in [-0.05, 0) is 0 Å². The van der Waals surface area contributed by atoms with Crippen LogP contribution in [0.3, 0.4) is 0 Å². The van der Waals surface area contributed by atoms with Gasteiger partial charge in [0.05, 0.1) is 18.1 Å².